The van der Waals surface area contributed by atoms with Gasteiger partial charge in [-0.05, 0) is 25.3 Å². The topological polar surface area (TPSA) is 55.3 Å². The lowest BCUT2D eigenvalue weighted by Gasteiger charge is -2.45. The second kappa shape index (κ2) is 10.3. The van der Waals surface area contributed by atoms with Crippen molar-refractivity contribution in [2.75, 3.05) is 53.8 Å². The summed E-state index contributed by atoms with van der Waals surface area (Å²) in [5.41, 5.74) is 1.09. The van der Waals surface area contributed by atoms with Gasteiger partial charge in [0.1, 0.15) is 0 Å². The molecule has 1 spiro atoms. The first-order chi connectivity index (χ1) is 14.2. The van der Waals surface area contributed by atoms with Crippen molar-refractivity contribution < 1.29 is 14.2 Å². The van der Waals surface area contributed by atoms with E-state index in [1.807, 2.05) is 19.2 Å². The molecule has 29 heavy (non-hydrogen) atoms. The Kier molecular flexibility index (Phi) is 7.81. The van der Waals surface area contributed by atoms with E-state index in [9.17, 15) is 0 Å². The Morgan fingerprint density at radius 3 is 2.52 bits per heavy atom. The van der Waals surface area contributed by atoms with E-state index >= 15 is 0 Å². The van der Waals surface area contributed by atoms with Gasteiger partial charge in [-0.2, -0.15) is 11.8 Å². The number of methoxy groups -OCH3 is 3. The molecule has 2 fully saturated rings. The van der Waals surface area contributed by atoms with Gasteiger partial charge in [0.2, 0.25) is 5.75 Å². The molecule has 1 aromatic carbocycles. The number of nitrogens with one attached hydrogen (secondary N) is 1. The quantitative estimate of drug-likeness (QED) is 0.560. The molecule has 2 aliphatic rings. The third-order valence-corrected chi connectivity index (χ3v) is 7.52. The largest absolute Gasteiger partial charge is 0.493 e. The van der Waals surface area contributed by atoms with Crippen molar-refractivity contribution in [3.63, 3.8) is 0 Å². The highest BCUT2D eigenvalue weighted by Gasteiger charge is 2.38. The number of benzene rings is 1. The first kappa shape index (κ1) is 21.9. The third kappa shape index (κ3) is 5.05. The minimum Gasteiger partial charge on any atom is -0.493 e. The molecule has 0 amide bonds. The summed E-state index contributed by atoms with van der Waals surface area (Å²) in [5.74, 6) is 4.25. The smallest absolute Gasteiger partial charge is 0.203 e. The van der Waals surface area contributed by atoms with Crippen LogP contribution in [0.3, 0.4) is 0 Å². The zero-order valence-corrected chi connectivity index (χ0v) is 19.1. The number of ether oxygens (including phenoxy) is 3. The highest BCUT2D eigenvalue weighted by atomic mass is 32.2. The van der Waals surface area contributed by atoms with Gasteiger partial charge in [0, 0.05) is 42.7 Å². The molecule has 1 heterocycles. The van der Waals surface area contributed by atoms with Crippen LogP contribution in [0.5, 0.6) is 17.2 Å². The van der Waals surface area contributed by atoms with E-state index in [1.54, 1.807) is 21.3 Å². The predicted molar refractivity (Wildman–Crippen MR) is 121 cm³/mol. The number of guanidine groups is 1. The maximum atomic E-state index is 5.61. The zero-order chi connectivity index (χ0) is 20.7. The summed E-state index contributed by atoms with van der Waals surface area (Å²) in [5, 5.41) is 3.57. The van der Waals surface area contributed by atoms with Crippen LogP contribution < -0.4 is 19.5 Å². The minimum absolute atomic E-state index is 0.431. The van der Waals surface area contributed by atoms with Crippen molar-refractivity contribution in [3.05, 3.63) is 17.7 Å². The van der Waals surface area contributed by atoms with E-state index in [4.69, 9.17) is 14.2 Å². The van der Waals surface area contributed by atoms with Gasteiger partial charge in [-0.3, -0.25) is 4.99 Å². The fraction of sp³-hybridized carbons (Fsp3) is 0.682. The monoisotopic (exact) mass is 421 g/mol. The maximum Gasteiger partial charge on any atom is 0.203 e. The minimum atomic E-state index is 0.431. The van der Waals surface area contributed by atoms with Crippen molar-refractivity contribution >= 4 is 17.7 Å². The lowest BCUT2D eigenvalue weighted by atomic mass is 9.87. The van der Waals surface area contributed by atoms with Crippen LogP contribution in [0.15, 0.2) is 17.1 Å². The Morgan fingerprint density at radius 1 is 1.10 bits per heavy atom. The molecule has 6 nitrogen and oxygen atoms in total. The van der Waals surface area contributed by atoms with Crippen molar-refractivity contribution in [2.45, 2.75) is 43.3 Å². The van der Waals surface area contributed by atoms with E-state index in [2.05, 4.69) is 27.0 Å². The number of rotatable bonds is 6. The maximum absolute atomic E-state index is 5.61. The molecule has 0 radical (unpaired) electrons. The van der Waals surface area contributed by atoms with Gasteiger partial charge >= 0.3 is 0 Å². The summed E-state index contributed by atoms with van der Waals surface area (Å²) < 4.78 is 16.9. The second-order valence-electron chi connectivity index (χ2n) is 7.73. The molecular weight excluding hydrogens is 386 g/mol. The predicted octanol–water partition coefficient (Wildman–Crippen LogP) is 3.58. The Bertz CT molecular complexity index is 699. The highest BCUT2D eigenvalue weighted by molar-refractivity contribution is 8.00. The molecule has 1 saturated carbocycles. The highest BCUT2D eigenvalue weighted by Crippen LogP contribution is 2.43. The fourth-order valence-electron chi connectivity index (χ4n) is 4.53. The summed E-state index contributed by atoms with van der Waals surface area (Å²) >= 11 is 2.18. The van der Waals surface area contributed by atoms with Crippen LogP contribution in [0, 0.1) is 0 Å². The first-order valence-electron chi connectivity index (χ1n) is 10.5. The van der Waals surface area contributed by atoms with Crippen LogP contribution in [0.2, 0.25) is 0 Å². The molecule has 1 aliphatic heterocycles. The van der Waals surface area contributed by atoms with Gasteiger partial charge < -0.3 is 24.4 Å². The van der Waals surface area contributed by atoms with E-state index in [0.29, 0.717) is 16.2 Å². The molecule has 1 aromatic rings. The Balaban J connectivity index is 1.62. The Labute approximate surface area is 179 Å². The molecule has 0 atom stereocenters. The van der Waals surface area contributed by atoms with Crippen LogP contribution in [-0.2, 0) is 6.42 Å². The summed E-state index contributed by atoms with van der Waals surface area (Å²) in [6.45, 7) is 2.96. The summed E-state index contributed by atoms with van der Waals surface area (Å²) in [4.78, 5) is 7.02. The van der Waals surface area contributed by atoms with Gasteiger partial charge in [-0.15, -0.1) is 0 Å². The van der Waals surface area contributed by atoms with Crippen molar-refractivity contribution in [1.29, 1.82) is 0 Å². The molecule has 0 aromatic heterocycles. The average Bonchev–Trinajstić information content (AvgIpc) is 2.76. The van der Waals surface area contributed by atoms with Crippen molar-refractivity contribution in [3.8, 4) is 17.2 Å². The lowest BCUT2D eigenvalue weighted by Crippen LogP contribution is -2.53. The zero-order valence-electron chi connectivity index (χ0n) is 18.3. The summed E-state index contributed by atoms with van der Waals surface area (Å²) in [7, 11) is 6.83. The van der Waals surface area contributed by atoms with Crippen LogP contribution in [0.4, 0.5) is 0 Å². The van der Waals surface area contributed by atoms with Gasteiger partial charge in [0.15, 0.2) is 17.5 Å². The van der Waals surface area contributed by atoms with E-state index in [-0.39, 0.29) is 0 Å². The second-order valence-corrected chi connectivity index (χ2v) is 9.29. The molecule has 0 bridgehead atoms. The summed E-state index contributed by atoms with van der Waals surface area (Å²) in [6.07, 6.45) is 7.62. The normalized spacial score (nSPS) is 19.2. The molecular formula is C22H35N3O3S. The third-order valence-electron chi connectivity index (χ3n) is 5.99. The number of aliphatic imine (C=N–C) groups is 1. The van der Waals surface area contributed by atoms with E-state index in [1.165, 1.54) is 37.9 Å². The summed E-state index contributed by atoms with van der Waals surface area (Å²) in [6, 6.07) is 3.97. The molecule has 7 heteroatoms. The van der Waals surface area contributed by atoms with E-state index in [0.717, 1.165) is 43.3 Å². The van der Waals surface area contributed by atoms with Gasteiger partial charge in [-0.1, -0.05) is 25.3 Å². The van der Waals surface area contributed by atoms with Crippen LogP contribution >= 0.6 is 11.8 Å². The van der Waals surface area contributed by atoms with E-state index < -0.39 is 0 Å². The Morgan fingerprint density at radius 2 is 1.86 bits per heavy atom. The average molecular weight is 422 g/mol. The van der Waals surface area contributed by atoms with Gasteiger partial charge in [0.25, 0.3) is 0 Å². The van der Waals surface area contributed by atoms with Crippen LogP contribution in [-0.4, -0.2) is 69.4 Å². The van der Waals surface area contributed by atoms with Gasteiger partial charge in [0.05, 0.1) is 21.3 Å². The van der Waals surface area contributed by atoms with Crippen molar-refractivity contribution in [1.82, 2.24) is 10.2 Å². The van der Waals surface area contributed by atoms with Crippen molar-refractivity contribution in [2.24, 2.45) is 4.99 Å². The fourth-order valence-corrected chi connectivity index (χ4v) is 6.09. The lowest BCUT2D eigenvalue weighted by molar-refractivity contribution is 0.293. The van der Waals surface area contributed by atoms with Crippen LogP contribution in [0.1, 0.15) is 37.7 Å². The number of hydrogen-bond acceptors (Lipinski definition) is 5. The number of hydrogen-bond donors (Lipinski definition) is 1. The standard InChI is InChI=1S/C22H35N3O3S/c1-23-21(25-14-15-29-22(16-25)11-6-5-7-12-22)24-13-10-17-8-9-18(26-2)20(28-4)19(17)27-3/h8-9H,5-7,10-16H2,1-4H3,(H,23,24). The molecule has 1 N–H and O–H groups in total. The Hall–Kier alpha value is -1.76. The molecule has 3 rings (SSSR count). The first-order valence-corrected chi connectivity index (χ1v) is 11.5. The number of nitrogens with zero attached hydrogens (tertiary/aromatic N) is 2. The molecule has 0 unspecified atom stereocenters. The molecule has 1 saturated heterocycles. The SMILES string of the molecule is CN=C(NCCc1ccc(OC)c(OC)c1OC)N1CCSC2(CCCCC2)C1. The van der Waals surface area contributed by atoms with Gasteiger partial charge in [-0.25, -0.2) is 0 Å². The van der Waals surface area contributed by atoms with Crippen LogP contribution in [0.25, 0.3) is 0 Å². The molecule has 162 valence electrons. The number of thioether (sulfide) groups is 1. The molecule has 1 aliphatic carbocycles.